The molecule has 36 heteroatoms. The zero-order valence-electron chi connectivity index (χ0n) is 63.4. The summed E-state index contributed by atoms with van der Waals surface area (Å²) in [5.74, 6) is -12.7. The van der Waals surface area contributed by atoms with Crippen LogP contribution in [0.4, 0.5) is 0 Å². The molecule has 1 aromatic heterocycles. The first-order chi connectivity index (χ1) is 50.0. The predicted octanol–water partition coefficient (Wildman–Crippen LogP) is -2.17. The second kappa shape index (κ2) is 49.4. The van der Waals surface area contributed by atoms with Crippen molar-refractivity contribution in [2.24, 2.45) is 63.3 Å². The highest BCUT2D eigenvalue weighted by atomic mass is 16.4. The minimum Gasteiger partial charge on any atom is -0.481 e. The number of carboxylic acid groups (broad SMARTS) is 1. The number of carbonyl (C=O) groups is 15. The molecule has 13 amide bonds. The van der Waals surface area contributed by atoms with Gasteiger partial charge in [-0.2, -0.15) is 0 Å². The number of aliphatic imine (C=N–C) groups is 1. The summed E-state index contributed by atoms with van der Waals surface area (Å²) >= 11 is 0. The van der Waals surface area contributed by atoms with Gasteiger partial charge in [-0.05, 0) is 127 Å². The summed E-state index contributed by atoms with van der Waals surface area (Å²) in [5, 5.41) is 41.7. The van der Waals surface area contributed by atoms with Crippen LogP contribution < -0.4 is 92.5 Å². The summed E-state index contributed by atoms with van der Waals surface area (Å²) in [6.45, 7) is 17.2. The molecule has 24 N–H and O–H groups in total. The molecule has 2 heterocycles. The van der Waals surface area contributed by atoms with Gasteiger partial charge in [-0.3, -0.25) is 76.9 Å². The number of hydrogen-bond donors (Lipinski definition) is 19. The number of rotatable bonds is 44. The zero-order valence-corrected chi connectivity index (χ0v) is 63.4. The highest BCUT2D eigenvalue weighted by Gasteiger charge is 2.37. The first kappa shape index (κ1) is 92.7. The minimum absolute atomic E-state index is 0.0269. The van der Waals surface area contributed by atoms with E-state index in [1.54, 1.807) is 34.6 Å². The average molecular weight is 1500 g/mol. The summed E-state index contributed by atoms with van der Waals surface area (Å²) in [7, 11) is 0. The van der Waals surface area contributed by atoms with Crippen LogP contribution in [0.5, 0.6) is 0 Å². The number of carbonyl (C=O) groups excluding carboxylic acids is 14. The number of nitrogens with two attached hydrogens (primary N) is 5. The first-order valence-corrected chi connectivity index (χ1v) is 37.1. The molecule has 0 aliphatic carbocycles. The van der Waals surface area contributed by atoms with Gasteiger partial charge in [-0.1, -0.05) is 74.7 Å². The van der Waals surface area contributed by atoms with Crippen LogP contribution in [0.3, 0.4) is 0 Å². The molecule has 1 unspecified atom stereocenters. The number of unbranched alkanes of at least 4 members (excludes halogenated alkanes) is 2. The molecular formula is C70H122N20O16. The van der Waals surface area contributed by atoms with Crippen molar-refractivity contribution in [2.45, 2.75) is 271 Å². The van der Waals surface area contributed by atoms with Crippen LogP contribution in [-0.4, -0.2) is 202 Å². The number of aromatic amines is 1. The predicted molar refractivity (Wildman–Crippen MR) is 394 cm³/mol. The van der Waals surface area contributed by atoms with Gasteiger partial charge >= 0.3 is 5.97 Å². The number of ketones is 1. The van der Waals surface area contributed by atoms with E-state index in [1.165, 1.54) is 26.4 Å². The molecule has 598 valence electrons. The molecule has 0 spiro atoms. The third-order valence-corrected chi connectivity index (χ3v) is 18.5. The number of carboxylic acids is 1. The van der Waals surface area contributed by atoms with E-state index in [2.05, 4.69) is 78.8 Å². The van der Waals surface area contributed by atoms with Crippen molar-refractivity contribution in [1.29, 1.82) is 0 Å². The number of hydrogen-bond acceptors (Lipinski definition) is 19. The van der Waals surface area contributed by atoms with Gasteiger partial charge in [0.05, 0.1) is 18.4 Å². The van der Waals surface area contributed by atoms with Crippen molar-refractivity contribution in [1.82, 2.24) is 73.8 Å². The number of aliphatic carboxylic acids is 1. The molecule has 2 rings (SSSR count). The van der Waals surface area contributed by atoms with Gasteiger partial charge in [0.2, 0.25) is 76.8 Å². The van der Waals surface area contributed by atoms with Gasteiger partial charge in [0.15, 0.2) is 11.7 Å². The molecule has 0 radical (unpaired) electrons. The van der Waals surface area contributed by atoms with Gasteiger partial charge in [-0.25, -0.2) is 4.98 Å². The number of amides is 13. The van der Waals surface area contributed by atoms with E-state index in [-0.39, 0.29) is 139 Å². The Morgan fingerprint density at radius 3 is 1.83 bits per heavy atom. The molecule has 0 bridgehead atoms. The summed E-state index contributed by atoms with van der Waals surface area (Å²) in [5.41, 5.74) is 29.4. The first-order valence-electron chi connectivity index (χ1n) is 37.1. The maximum Gasteiger partial charge on any atom is 0.303 e. The molecule has 1 aromatic rings. The standard InChI is InChI=1S/C70H122N20O16/c1-11-40(7)57(59(73)96)89-69(106)58(41(8)12-2)90-67(104)51(26-28-56(94)95)83-61(98)45(39(5)6)20-13-14-24-54(92)52(34-38(3)4)87-66(103)48(21-15-17-30-71)86-65(102)49(23-19-32-79-70(74)75)84-62(99)46(72)29-33-78-63(100)47-22-16-18-31-77-55(93)27-25-50(82-43(10)91)64(101)81-42(9)60(97)88-53(68(105)85-47)35-44-36-76-37-80-44/h36-42,45-53,57-58H,11-35,71-72H2,1-10H3,(H2,73,96)(H,76,80)(H,77,93)(H,78,100)(H,81,101)(H,82,91)(H,83,98)(H,84,99)(H,85,105)(H,86,102)(H,87,103)(H,88,97)(H,89,106)(H,90,104)(H,94,95)(H4,74,75,79)/t40-,41-,42-,45?,46+,47-,48-,49-,50+,51-,52-,53-,57-,58-/m0/s1. The van der Waals surface area contributed by atoms with E-state index in [1.807, 2.05) is 20.8 Å². The summed E-state index contributed by atoms with van der Waals surface area (Å²) in [4.78, 5) is 213. The third-order valence-electron chi connectivity index (χ3n) is 18.5. The number of imidazole rings is 1. The lowest BCUT2D eigenvalue weighted by Crippen LogP contribution is -2.59. The van der Waals surface area contributed by atoms with Gasteiger partial charge in [0.25, 0.3) is 0 Å². The normalized spacial score (nSPS) is 19.0. The maximum absolute atomic E-state index is 14.4. The van der Waals surface area contributed by atoms with Gasteiger partial charge in [-0.15, -0.1) is 0 Å². The highest BCUT2D eigenvalue weighted by Crippen LogP contribution is 2.22. The molecule has 14 atom stereocenters. The van der Waals surface area contributed by atoms with Gasteiger partial charge in [0, 0.05) is 70.0 Å². The molecule has 0 saturated carbocycles. The van der Waals surface area contributed by atoms with Crippen molar-refractivity contribution in [2.75, 3.05) is 26.2 Å². The molecule has 1 fully saturated rings. The number of H-pyrrole nitrogens is 1. The van der Waals surface area contributed by atoms with Crippen LogP contribution in [0.1, 0.15) is 203 Å². The average Bonchev–Trinajstić information content (AvgIpc) is 1.01. The van der Waals surface area contributed by atoms with Crippen molar-refractivity contribution in [3.05, 3.63) is 18.2 Å². The summed E-state index contributed by atoms with van der Waals surface area (Å²) < 4.78 is 0. The van der Waals surface area contributed by atoms with Crippen LogP contribution in [0.25, 0.3) is 0 Å². The van der Waals surface area contributed by atoms with Gasteiger partial charge in [0.1, 0.15) is 54.4 Å². The van der Waals surface area contributed by atoms with Crippen LogP contribution >= 0.6 is 0 Å². The van der Waals surface area contributed by atoms with Gasteiger partial charge < -0.3 is 103 Å². The van der Waals surface area contributed by atoms with Crippen LogP contribution in [0.15, 0.2) is 17.5 Å². The third kappa shape index (κ3) is 35.6. The topological polar surface area (TPSA) is 592 Å². The smallest absolute Gasteiger partial charge is 0.303 e. The Morgan fingerprint density at radius 1 is 0.651 bits per heavy atom. The number of nitrogens with one attached hydrogen (secondary N) is 13. The molecule has 0 aromatic carbocycles. The number of primary amides is 1. The lowest BCUT2D eigenvalue weighted by atomic mass is 9.88. The Labute approximate surface area is 621 Å². The maximum atomic E-state index is 14.4. The summed E-state index contributed by atoms with van der Waals surface area (Å²) in [6, 6.07) is -13.4. The Kier molecular flexibility index (Phi) is 43.3. The fourth-order valence-electron chi connectivity index (χ4n) is 11.7. The van der Waals surface area contributed by atoms with E-state index in [0.717, 1.165) is 0 Å². The fraction of sp³-hybridized carbons (Fsp3) is 0.729. The van der Waals surface area contributed by atoms with E-state index in [4.69, 9.17) is 28.7 Å². The van der Waals surface area contributed by atoms with Crippen molar-refractivity contribution in [3.63, 3.8) is 0 Å². The van der Waals surface area contributed by atoms with Crippen LogP contribution in [0.2, 0.25) is 0 Å². The van der Waals surface area contributed by atoms with Crippen LogP contribution in [0, 0.1) is 29.6 Å². The highest BCUT2D eigenvalue weighted by molar-refractivity contribution is 5.98. The van der Waals surface area contributed by atoms with Crippen molar-refractivity contribution < 1.29 is 77.0 Å². The lowest BCUT2D eigenvalue weighted by Gasteiger charge is -2.30. The largest absolute Gasteiger partial charge is 0.481 e. The quantitative estimate of drug-likeness (QED) is 0.0188. The lowest BCUT2D eigenvalue weighted by molar-refractivity contribution is -0.139. The number of Topliss-reactive ketones (excluding diaryl/α,β-unsaturated/α-hetero) is 1. The molecule has 1 aliphatic rings. The molecular weight excluding hydrogens is 1380 g/mol. The summed E-state index contributed by atoms with van der Waals surface area (Å²) in [6.07, 6.45) is 5.15. The Bertz CT molecular complexity index is 3080. The minimum atomic E-state index is -1.37. The monoisotopic (exact) mass is 1500 g/mol. The Balaban J connectivity index is 2.31. The Hall–Kier alpha value is -9.35. The second-order valence-corrected chi connectivity index (χ2v) is 28.2. The van der Waals surface area contributed by atoms with E-state index < -0.39 is 167 Å². The molecule has 106 heavy (non-hydrogen) atoms. The van der Waals surface area contributed by atoms with E-state index >= 15 is 0 Å². The second-order valence-electron chi connectivity index (χ2n) is 28.2. The number of aromatic nitrogens is 2. The number of nitrogens with zero attached hydrogens (tertiary/aromatic N) is 2. The van der Waals surface area contributed by atoms with Crippen molar-refractivity contribution in [3.8, 4) is 0 Å². The number of guanidine groups is 1. The Morgan fingerprint density at radius 2 is 1.25 bits per heavy atom. The molecule has 1 aliphatic heterocycles. The van der Waals surface area contributed by atoms with Crippen LogP contribution in [-0.2, 0) is 78.3 Å². The van der Waals surface area contributed by atoms with E-state index in [0.29, 0.717) is 50.6 Å². The van der Waals surface area contributed by atoms with E-state index in [9.17, 15) is 77.0 Å². The SMILES string of the molecule is CC[C@H](C)[C@H](NC(=O)[C@@H](NC(=O)[C@H](CCC(=O)O)NC(=O)C(CCCCC(=O)[C@H](CC(C)C)NC(=O)[C@H](CCCCN)NC(=O)[C@H](CCCN=C(N)N)NC(=O)[C@H](N)CCNC(=O)[C@@H]1CCCCNC(=O)CC[C@@H](NC(C)=O)C(=O)N[C@@H](C)C(=O)N[C@@H](Cc2cnc[nH]2)C(=O)N1)C(C)C)[C@@H](C)CC)C(N)=O. The molecule has 1 saturated heterocycles. The van der Waals surface area contributed by atoms with Crippen molar-refractivity contribution >= 4 is 94.5 Å². The fourth-order valence-corrected chi connectivity index (χ4v) is 11.7. The zero-order chi connectivity index (χ0) is 79.8. The molecule has 36 nitrogen and oxygen atoms in total.